The molecule has 0 spiro atoms. The zero-order valence-electron chi connectivity index (χ0n) is 16.0. The van der Waals surface area contributed by atoms with Crippen molar-refractivity contribution in [3.8, 4) is 11.5 Å². The van der Waals surface area contributed by atoms with Gasteiger partial charge in [0.2, 0.25) is 0 Å². The number of carbonyl (C=O) groups excluding carboxylic acids is 1. The van der Waals surface area contributed by atoms with Crippen molar-refractivity contribution >= 4 is 5.91 Å². The molecule has 4 heteroatoms. The van der Waals surface area contributed by atoms with Gasteiger partial charge in [-0.2, -0.15) is 0 Å². The van der Waals surface area contributed by atoms with E-state index >= 15 is 0 Å². The lowest BCUT2D eigenvalue weighted by atomic mass is 10.1. The second kappa shape index (κ2) is 10.5. The first-order chi connectivity index (χ1) is 12.6. The van der Waals surface area contributed by atoms with Gasteiger partial charge >= 0.3 is 0 Å². The molecule has 0 heterocycles. The van der Waals surface area contributed by atoms with Crippen LogP contribution in [0.5, 0.6) is 11.5 Å². The fourth-order valence-electron chi connectivity index (χ4n) is 2.70. The van der Waals surface area contributed by atoms with Crippen molar-refractivity contribution in [1.82, 2.24) is 5.32 Å². The topological polar surface area (TPSA) is 47.6 Å². The van der Waals surface area contributed by atoms with Crippen LogP contribution in [-0.4, -0.2) is 25.2 Å². The lowest BCUT2D eigenvalue weighted by Gasteiger charge is -2.18. The van der Waals surface area contributed by atoms with Crippen molar-refractivity contribution in [2.45, 2.75) is 46.1 Å². The minimum Gasteiger partial charge on any atom is -0.494 e. The highest BCUT2D eigenvalue weighted by atomic mass is 16.5. The zero-order valence-corrected chi connectivity index (χ0v) is 16.0. The summed E-state index contributed by atoms with van der Waals surface area (Å²) in [5.41, 5.74) is 2.28. The van der Waals surface area contributed by atoms with Crippen molar-refractivity contribution in [1.29, 1.82) is 0 Å². The molecule has 0 aliphatic heterocycles. The summed E-state index contributed by atoms with van der Waals surface area (Å²) in [6.07, 6.45) is 1.99. The summed E-state index contributed by atoms with van der Waals surface area (Å²) < 4.78 is 11.3. The molecule has 0 bridgehead atoms. The van der Waals surface area contributed by atoms with Gasteiger partial charge < -0.3 is 14.8 Å². The third-order valence-corrected chi connectivity index (χ3v) is 4.20. The molecular weight excluding hydrogens is 326 g/mol. The lowest BCUT2D eigenvalue weighted by Crippen LogP contribution is -2.38. The minimum absolute atomic E-state index is 0.0533. The van der Waals surface area contributed by atoms with E-state index in [1.807, 2.05) is 57.2 Å². The maximum atomic E-state index is 12.4. The third-order valence-electron chi connectivity index (χ3n) is 4.20. The first-order valence-corrected chi connectivity index (χ1v) is 9.35. The molecule has 0 fully saturated rings. The molecule has 140 valence electrons. The van der Waals surface area contributed by atoms with Gasteiger partial charge in [-0.05, 0) is 62.4 Å². The van der Waals surface area contributed by atoms with Crippen LogP contribution in [0.1, 0.15) is 37.8 Å². The molecule has 1 atom stereocenters. The standard InChI is InChI=1S/C22H29NO3/c1-4-20(26-21-11-7-6-9-17(21)3)22(24)23-16-8-10-18-12-14-19(15-13-18)25-5-2/h6-7,9,11-15,20H,4-5,8,10,16H2,1-3H3,(H,23,24)/t20-/m1/s1. The van der Waals surface area contributed by atoms with Crippen molar-refractivity contribution in [2.24, 2.45) is 0 Å². The Labute approximate surface area is 156 Å². The quantitative estimate of drug-likeness (QED) is 0.647. The number of aryl methyl sites for hydroxylation is 2. The van der Waals surface area contributed by atoms with Crippen LogP contribution in [0.4, 0.5) is 0 Å². The van der Waals surface area contributed by atoms with Gasteiger partial charge in [-0.25, -0.2) is 0 Å². The van der Waals surface area contributed by atoms with Crippen LogP contribution in [-0.2, 0) is 11.2 Å². The van der Waals surface area contributed by atoms with Crippen LogP contribution in [0.15, 0.2) is 48.5 Å². The molecular formula is C22H29NO3. The molecule has 2 aromatic carbocycles. The van der Waals surface area contributed by atoms with Gasteiger partial charge in [0.1, 0.15) is 11.5 Å². The van der Waals surface area contributed by atoms with E-state index in [-0.39, 0.29) is 5.91 Å². The first-order valence-electron chi connectivity index (χ1n) is 9.35. The fraction of sp³-hybridized carbons (Fsp3) is 0.409. The monoisotopic (exact) mass is 355 g/mol. The van der Waals surface area contributed by atoms with Gasteiger partial charge in [-0.3, -0.25) is 4.79 Å². The SMILES string of the molecule is CCOc1ccc(CCCNC(=O)[C@@H](CC)Oc2ccccc2C)cc1. The highest BCUT2D eigenvalue weighted by molar-refractivity contribution is 5.81. The molecule has 4 nitrogen and oxygen atoms in total. The summed E-state index contributed by atoms with van der Waals surface area (Å²) in [6, 6.07) is 15.9. The van der Waals surface area contributed by atoms with E-state index in [1.165, 1.54) is 5.56 Å². The summed E-state index contributed by atoms with van der Waals surface area (Å²) >= 11 is 0. The summed E-state index contributed by atoms with van der Waals surface area (Å²) in [5.74, 6) is 1.61. The smallest absolute Gasteiger partial charge is 0.261 e. The van der Waals surface area contributed by atoms with Crippen LogP contribution in [0.25, 0.3) is 0 Å². The Kier molecular flexibility index (Phi) is 8.00. The lowest BCUT2D eigenvalue weighted by molar-refractivity contribution is -0.128. The van der Waals surface area contributed by atoms with Crippen LogP contribution in [0, 0.1) is 6.92 Å². The molecule has 0 aliphatic rings. The van der Waals surface area contributed by atoms with E-state index in [1.54, 1.807) is 0 Å². The Bertz CT molecular complexity index is 682. The largest absolute Gasteiger partial charge is 0.494 e. The van der Waals surface area contributed by atoms with Gasteiger partial charge in [-0.15, -0.1) is 0 Å². The Morgan fingerprint density at radius 3 is 2.46 bits per heavy atom. The highest BCUT2D eigenvalue weighted by Crippen LogP contribution is 2.19. The van der Waals surface area contributed by atoms with Gasteiger partial charge in [-0.1, -0.05) is 37.3 Å². The summed E-state index contributed by atoms with van der Waals surface area (Å²) in [5, 5.41) is 2.99. The van der Waals surface area contributed by atoms with Crippen LogP contribution >= 0.6 is 0 Å². The number of benzene rings is 2. The van der Waals surface area contributed by atoms with Crippen LogP contribution in [0.3, 0.4) is 0 Å². The maximum absolute atomic E-state index is 12.4. The van der Waals surface area contributed by atoms with Crippen molar-refractivity contribution in [3.63, 3.8) is 0 Å². The van der Waals surface area contributed by atoms with E-state index in [2.05, 4.69) is 17.4 Å². The van der Waals surface area contributed by atoms with Gasteiger partial charge in [0, 0.05) is 6.54 Å². The number of nitrogens with one attached hydrogen (secondary N) is 1. The summed E-state index contributed by atoms with van der Waals surface area (Å²) in [7, 11) is 0. The second-order valence-corrected chi connectivity index (χ2v) is 6.25. The predicted octanol–water partition coefficient (Wildman–Crippen LogP) is 4.30. The first kappa shape index (κ1) is 19.8. The molecule has 1 amide bonds. The molecule has 1 N–H and O–H groups in total. The second-order valence-electron chi connectivity index (χ2n) is 6.25. The number of carbonyl (C=O) groups is 1. The van der Waals surface area contributed by atoms with E-state index in [0.717, 1.165) is 29.9 Å². The van der Waals surface area contributed by atoms with E-state index in [4.69, 9.17) is 9.47 Å². The van der Waals surface area contributed by atoms with E-state index in [9.17, 15) is 4.79 Å². The summed E-state index contributed by atoms with van der Waals surface area (Å²) in [6.45, 7) is 7.23. The van der Waals surface area contributed by atoms with Gasteiger partial charge in [0.05, 0.1) is 6.61 Å². The Morgan fingerprint density at radius 1 is 1.08 bits per heavy atom. The Balaban J connectivity index is 1.75. The molecule has 0 radical (unpaired) electrons. The number of rotatable bonds is 10. The molecule has 26 heavy (non-hydrogen) atoms. The predicted molar refractivity (Wildman–Crippen MR) is 105 cm³/mol. The third kappa shape index (κ3) is 6.10. The van der Waals surface area contributed by atoms with Crippen molar-refractivity contribution in [3.05, 3.63) is 59.7 Å². The average molecular weight is 355 g/mol. The minimum atomic E-state index is -0.457. The number of hydrogen-bond donors (Lipinski definition) is 1. The normalized spacial score (nSPS) is 11.7. The molecule has 0 aliphatic carbocycles. The van der Waals surface area contributed by atoms with Gasteiger partial charge in [0.25, 0.3) is 5.91 Å². The Hall–Kier alpha value is -2.49. The maximum Gasteiger partial charge on any atom is 0.261 e. The summed E-state index contributed by atoms with van der Waals surface area (Å²) in [4.78, 5) is 12.4. The zero-order chi connectivity index (χ0) is 18.8. The Morgan fingerprint density at radius 2 is 1.81 bits per heavy atom. The number of amides is 1. The number of hydrogen-bond acceptors (Lipinski definition) is 3. The fourth-order valence-corrected chi connectivity index (χ4v) is 2.70. The van der Waals surface area contributed by atoms with Crippen molar-refractivity contribution in [2.75, 3.05) is 13.2 Å². The number of ether oxygens (including phenoxy) is 2. The van der Waals surface area contributed by atoms with Crippen molar-refractivity contribution < 1.29 is 14.3 Å². The molecule has 0 unspecified atom stereocenters. The molecule has 0 saturated heterocycles. The van der Waals surface area contributed by atoms with E-state index < -0.39 is 6.10 Å². The van der Waals surface area contributed by atoms with Crippen LogP contribution in [0.2, 0.25) is 0 Å². The molecule has 2 aromatic rings. The highest BCUT2D eigenvalue weighted by Gasteiger charge is 2.18. The van der Waals surface area contributed by atoms with Crippen LogP contribution < -0.4 is 14.8 Å². The van der Waals surface area contributed by atoms with E-state index in [0.29, 0.717) is 19.6 Å². The molecule has 2 rings (SSSR count). The van der Waals surface area contributed by atoms with Gasteiger partial charge in [0.15, 0.2) is 6.10 Å². The molecule has 0 saturated carbocycles. The molecule has 0 aromatic heterocycles. The average Bonchev–Trinajstić information content (AvgIpc) is 2.66. The number of para-hydroxylation sites is 1.